The van der Waals surface area contributed by atoms with Crippen LogP contribution in [0.3, 0.4) is 0 Å². The fourth-order valence-electron chi connectivity index (χ4n) is 5.23. The molecule has 2 heteroatoms. The predicted octanol–water partition coefficient (Wildman–Crippen LogP) is 6.85. The minimum atomic E-state index is -2.56. The molecule has 0 radical (unpaired) electrons. The molecule has 0 unspecified atom stereocenters. The van der Waals surface area contributed by atoms with E-state index in [1.807, 2.05) is 0 Å². The molecule has 0 heterocycles. The van der Waals surface area contributed by atoms with Gasteiger partial charge in [0.25, 0.3) is 0 Å². The number of benzene rings is 5. The third-order valence-electron chi connectivity index (χ3n) is 7.84. The van der Waals surface area contributed by atoms with E-state index in [-0.39, 0.29) is 0 Å². The molecule has 218 valence electrons. The fourth-order valence-corrected chi connectivity index (χ4v) is 22.6. The number of hydrogen-bond donors (Lipinski definition) is 0. The van der Waals surface area contributed by atoms with Crippen molar-refractivity contribution in [2.24, 2.45) is 0 Å². The molecule has 0 amide bonds. The maximum atomic E-state index is 4.15. The summed E-state index contributed by atoms with van der Waals surface area (Å²) in [6.07, 6.45) is 0. The van der Waals surface area contributed by atoms with Crippen LogP contribution in [0, 0.1) is 0 Å². The molecule has 0 aliphatic heterocycles. The summed E-state index contributed by atoms with van der Waals surface area (Å²) in [6.45, 7) is 24.9. The van der Waals surface area contributed by atoms with Crippen LogP contribution in [0.4, 0.5) is 0 Å². The Morgan fingerprint density at radius 3 is 0.568 bits per heavy atom. The molecule has 0 aliphatic rings. The normalized spacial score (nSPS) is 11.0. The first-order valence-electron chi connectivity index (χ1n) is 14.9. The van der Waals surface area contributed by atoms with Gasteiger partial charge in [-0.2, -0.15) is 0 Å². The van der Waals surface area contributed by atoms with Crippen LogP contribution >= 0.6 is 0 Å². The SMILES string of the molecule is C=C(C)c1cc[c]([Bi]([c]2ccc(C(=C)C)cc2)[c]2cc[c]([Bi]([c]3ccc(C(=C)C)cc3)[c]3ccc(C(=C)C)cc3)cc2)cc1. The van der Waals surface area contributed by atoms with E-state index in [1.54, 1.807) is 0 Å². The second kappa shape index (κ2) is 14.3. The van der Waals surface area contributed by atoms with Crippen molar-refractivity contribution in [3.8, 4) is 0 Å². The molecule has 5 aromatic carbocycles. The monoisotopic (exact) mass is 962 g/mol. The quantitative estimate of drug-likeness (QED) is 0.135. The molecule has 0 aromatic heterocycles. The second-order valence-electron chi connectivity index (χ2n) is 11.5. The summed E-state index contributed by atoms with van der Waals surface area (Å²) in [4.78, 5) is 0. The van der Waals surface area contributed by atoms with Gasteiger partial charge in [-0.15, -0.1) is 0 Å². The molecular weight excluding hydrogens is 922 g/mol. The zero-order valence-electron chi connectivity index (χ0n) is 26.3. The van der Waals surface area contributed by atoms with Gasteiger partial charge in [-0.1, -0.05) is 0 Å². The Labute approximate surface area is 280 Å². The van der Waals surface area contributed by atoms with E-state index in [4.69, 9.17) is 0 Å². The van der Waals surface area contributed by atoms with Crippen LogP contribution in [-0.2, 0) is 0 Å². The molecule has 0 bridgehead atoms. The van der Waals surface area contributed by atoms with Crippen LogP contribution < -0.4 is 19.6 Å². The first-order valence-corrected chi connectivity index (χ1v) is 25.3. The fraction of sp³-hybridized carbons (Fsp3) is 0.0952. The molecule has 0 spiro atoms. The molecule has 0 N–H and O–H groups in total. The topological polar surface area (TPSA) is 0 Å². The second-order valence-corrected chi connectivity index (χ2v) is 28.8. The predicted molar refractivity (Wildman–Crippen MR) is 200 cm³/mol. The Hall–Kier alpha value is -3.17. The molecule has 0 aliphatic carbocycles. The average molecular weight is 963 g/mol. The van der Waals surface area contributed by atoms with Gasteiger partial charge in [-0.25, -0.2) is 0 Å². The zero-order chi connectivity index (χ0) is 31.4. The summed E-state index contributed by atoms with van der Waals surface area (Å²) in [7, 11) is 0. The van der Waals surface area contributed by atoms with Gasteiger partial charge < -0.3 is 0 Å². The van der Waals surface area contributed by atoms with Crippen molar-refractivity contribution in [1.29, 1.82) is 0 Å². The van der Waals surface area contributed by atoms with Gasteiger partial charge in [0, 0.05) is 0 Å². The van der Waals surface area contributed by atoms with Gasteiger partial charge in [0.05, 0.1) is 0 Å². The number of hydrogen-bond acceptors (Lipinski definition) is 0. The molecule has 0 saturated carbocycles. The molecule has 5 rings (SSSR count). The van der Waals surface area contributed by atoms with Crippen LogP contribution in [-0.4, -0.2) is 43.5 Å². The molecule has 0 nitrogen and oxygen atoms in total. The average Bonchev–Trinajstić information content (AvgIpc) is 3.03. The van der Waals surface area contributed by atoms with Gasteiger partial charge in [0.2, 0.25) is 0 Å². The van der Waals surface area contributed by atoms with E-state index in [1.165, 1.54) is 41.9 Å². The van der Waals surface area contributed by atoms with Crippen LogP contribution in [0.5, 0.6) is 0 Å². The third kappa shape index (κ3) is 7.37. The van der Waals surface area contributed by atoms with E-state index < -0.39 is 43.5 Å². The van der Waals surface area contributed by atoms with Crippen molar-refractivity contribution in [2.75, 3.05) is 0 Å². The summed E-state index contributed by atoms with van der Waals surface area (Å²) in [5, 5.41) is 0. The van der Waals surface area contributed by atoms with Crippen LogP contribution in [0.15, 0.2) is 148 Å². The molecule has 0 atom stereocenters. The van der Waals surface area contributed by atoms with Gasteiger partial charge in [-0.3, -0.25) is 0 Å². The van der Waals surface area contributed by atoms with Crippen LogP contribution in [0.25, 0.3) is 22.3 Å². The third-order valence-corrected chi connectivity index (χ3v) is 26.8. The standard InChI is InChI=1S/4C9H9.C6H4.2Bi/c4*1-8(2)9-6-4-3-5-7-9;1-2-4-6-5-3-1;;/h4*4-7H,1H2,2H3;1-2,5-6H;;. The van der Waals surface area contributed by atoms with Crippen molar-refractivity contribution in [2.45, 2.75) is 27.7 Å². The Morgan fingerprint density at radius 1 is 0.295 bits per heavy atom. The number of rotatable bonds is 10. The molecular formula is C42H40Bi2. The summed E-state index contributed by atoms with van der Waals surface area (Å²) in [5.41, 5.74) is 9.23. The van der Waals surface area contributed by atoms with Gasteiger partial charge in [-0.05, 0) is 0 Å². The van der Waals surface area contributed by atoms with Gasteiger partial charge in [0.15, 0.2) is 0 Å². The Balaban J connectivity index is 1.58. The van der Waals surface area contributed by atoms with Gasteiger partial charge in [0.1, 0.15) is 0 Å². The molecule has 44 heavy (non-hydrogen) atoms. The minimum absolute atomic E-state index is 1.10. The van der Waals surface area contributed by atoms with E-state index in [9.17, 15) is 0 Å². The van der Waals surface area contributed by atoms with Crippen molar-refractivity contribution < 1.29 is 0 Å². The summed E-state index contributed by atoms with van der Waals surface area (Å²) < 4.78 is 8.90. The summed E-state index contributed by atoms with van der Waals surface area (Å²) >= 11 is -5.12. The van der Waals surface area contributed by atoms with Crippen molar-refractivity contribution in [3.05, 3.63) is 170 Å². The van der Waals surface area contributed by atoms with Crippen LogP contribution in [0.2, 0.25) is 0 Å². The van der Waals surface area contributed by atoms with Crippen molar-refractivity contribution in [1.82, 2.24) is 0 Å². The Bertz CT molecular complexity index is 1550. The van der Waals surface area contributed by atoms with E-state index in [2.05, 4.69) is 175 Å². The first kappa shape index (κ1) is 32.2. The number of allylic oxidation sites excluding steroid dienone is 4. The van der Waals surface area contributed by atoms with Gasteiger partial charge >= 0.3 is 283 Å². The first-order chi connectivity index (χ1) is 21.1. The van der Waals surface area contributed by atoms with Crippen molar-refractivity contribution >= 4 is 85.4 Å². The van der Waals surface area contributed by atoms with Crippen molar-refractivity contribution in [3.63, 3.8) is 0 Å². The Morgan fingerprint density at radius 2 is 0.432 bits per heavy atom. The molecule has 0 fully saturated rings. The molecule has 0 saturated heterocycles. The Kier molecular flexibility index (Phi) is 10.5. The molecule has 5 aromatic rings. The van der Waals surface area contributed by atoms with E-state index >= 15 is 0 Å². The maximum absolute atomic E-state index is 4.15. The van der Waals surface area contributed by atoms with E-state index in [0.29, 0.717) is 0 Å². The zero-order valence-corrected chi connectivity index (χ0v) is 33.2. The van der Waals surface area contributed by atoms with E-state index in [0.717, 1.165) is 22.3 Å². The summed E-state index contributed by atoms with van der Waals surface area (Å²) in [5.74, 6) is 0. The summed E-state index contributed by atoms with van der Waals surface area (Å²) in [6, 6.07) is 46.5. The van der Waals surface area contributed by atoms with Crippen LogP contribution in [0.1, 0.15) is 49.9 Å².